The molecule has 0 fully saturated rings. The van der Waals surface area contributed by atoms with Gasteiger partial charge in [0.1, 0.15) is 12.4 Å². The second-order valence-electron chi connectivity index (χ2n) is 5.61. The van der Waals surface area contributed by atoms with Gasteiger partial charge in [0.15, 0.2) is 11.5 Å². The Bertz CT molecular complexity index is 859. The fraction of sp³-hybridized carbons (Fsp3) is 0.143. The molecule has 3 rings (SSSR count). The van der Waals surface area contributed by atoms with Gasteiger partial charge in [-0.1, -0.05) is 36.4 Å². The Kier molecular flexibility index (Phi) is 6.25. The summed E-state index contributed by atoms with van der Waals surface area (Å²) in [6, 6.07) is 19.2. The van der Waals surface area contributed by atoms with Crippen molar-refractivity contribution in [2.45, 2.75) is 6.61 Å². The van der Waals surface area contributed by atoms with Crippen LogP contribution >= 0.6 is 0 Å². The molecule has 0 atom stereocenters. The fourth-order valence-corrected chi connectivity index (χ4v) is 2.45. The van der Waals surface area contributed by atoms with E-state index in [0.29, 0.717) is 29.7 Å². The van der Waals surface area contributed by atoms with E-state index in [-0.39, 0.29) is 0 Å². The molecule has 0 unspecified atom stereocenters. The number of aromatic nitrogens is 1. The van der Waals surface area contributed by atoms with Crippen LogP contribution in [0.25, 0.3) is 0 Å². The number of nitrogens with one attached hydrogen (secondary N) is 1. The third-order valence-electron chi connectivity index (χ3n) is 3.77. The number of rotatable bonds is 8. The first-order chi connectivity index (χ1) is 13.3. The fourth-order valence-electron chi connectivity index (χ4n) is 2.45. The first-order valence-electron chi connectivity index (χ1n) is 8.43. The molecule has 0 aliphatic heterocycles. The number of anilines is 1. The largest absolute Gasteiger partial charge is 0.493 e. The monoisotopic (exact) mass is 363 g/mol. The molecule has 0 saturated carbocycles. The van der Waals surface area contributed by atoms with Crippen LogP contribution in [-0.4, -0.2) is 25.4 Å². The van der Waals surface area contributed by atoms with Gasteiger partial charge in [-0.25, -0.2) is 4.98 Å². The summed E-state index contributed by atoms with van der Waals surface area (Å²) in [6.07, 6.45) is 3.36. The molecule has 0 aliphatic carbocycles. The van der Waals surface area contributed by atoms with E-state index in [1.807, 2.05) is 60.7 Å². The van der Waals surface area contributed by atoms with E-state index in [2.05, 4.69) is 15.5 Å². The second kappa shape index (κ2) is 9.24. The summed E-state index contributed by atoms with van der Waals surface area (Å²) >= 11 is 0. The smallest absolute Gasteiger partial charge is 0.203 e. The van der Waals surface area contributed by atoms with Gasteiger partial charge < -0.3 is 14.2 Å². The van der Waals surface area contributed by atoms with E-state index >= 15 is 0 Å². The lowest BCUT2D eigenvalue weighted by atomic mass is 10.2. The van der Waals surface area contributed by atoms with Crippen LogP contribution in [0.4, 0.5) is 5.82 Å². The summed E-state index contributed by atoms with van der Waals surface area (Å²) in [6.45, 7) is 0.419. The zero-order chi connectivity index (χ0) is 18.9. The number of methoxy groups -OCH3 is 2. The number of nitrogens with zero attached hydrogens (tertiary/aromatic N) is 2. The van der Waals surface area contributed by atoms with Crippen LogP contribution in [0.1, 0.15) is 11.1 Å². The molecule has 3 aromatic rings. The van der Waals surface area contributed by atoms with E-state index in [4.69, 9.17) is 14.2 Å². The van der Waals surface area contributed by atoms with Crippen LogP contribution < -0.4 is 19.6 Å². The highest BCUT2D eigenvalue weighted by Crippen LogP contribution is 2.38. The minimum atomic E-state index is 0.419. The number of pyridine rings is 1. The van der Waals surface area contributed by atoms with E-state index in [1.54, 1.807) is 26.6 Å². The molecule has 138 valence electrons. The van der Waals surface area contributed by atoms with Crippen molar-refractivity contribution in [3.8, 4) is 17.2 Å². The van der Waals surface area contributed by atoms with Crippen molar-refractivity contribution in [3.63, 3.8) is 0 Å². The molecule has 2 aromatic carbocycles. The van der Waals surface area contributed by atoms with Gasteiger partial charge in [0, 0.05) is 11.8 Å². The predicted octanol–water partition coefficient (Wildman–Crippen LogP) is 4.12. The van der Waals surface area contributed by atoms with Gasteiger partial charge in [-0.05, 0) is 29.8 Å². The third kappa shape index (κ3) is 4.98. The molecular weight excluding hydrogens is 342 g/mol. The zero-order valence-electron chi connectivity index (χ0n) is 15.3. The SMILES string of the molecule is COc1cc(/C=N/Nc2ccccn2)cc(OC)c1OCc1ccccc1. The van der Waals surface area contributed by atoms with Crippen molar-refractivity contribution in [3.05, 3.63) is 78.0 Å². The average Bonchev–Trinajstić information content (AvgIpc) is 2.73. The number of hydrogen-bond donors (Lipinski definition) is 1. The Morgan fingerprint density at radius 2 is 1.67 bits per heavy atom. The summed E-state index contributed by atoms with van der Waals surface area (Å²) in [7, 11) is 3.19. The van der Waals surface area contributed by atoms with Crippen LogP contribution in [0.3, 0.4) is 0 Å². The van der Waals surface area contributed by atoms with Crippen molar-refractivity contribution < 1.29 is 14.2 Å². The van der Waals surface area contributed by atoms with E-state index in [0.717, 1.165) is 11.1 Å². The number of ether oxygens (including phenoxy) is 3. The lowest BCUT2D eigenvalue weighted by molar-refractivity contribution is 0.266. The minimum absolute atomic E-state index is 0.419. The summed E-state index contributed by atoms with van der Waals surface area (Å²) in [4.78, 5) is 4.15. The maximum atomic E-state index is 5.94. The summed E-state index contributed by atoms with van der Waals surface area (Å²) in [5, 5.41) is 4.20. The van der Waals surface area contributed by atoms with Gasteiger partial charge in [-0.15, -0.1) is 0 Å². The van der Waals surface area contributed by atoms with Gasteiger partial charge in [0.25, 0.3) is 0 Å². The highest BCUT2D eigenvalue weighted by Gasteiger charge is 2.14. The standard InChI is InChI=1S/C21H21N3O3/c1-25-18-12-17(14-23-24-20-10-6-7-11-22-20)13-19(26-2)21(18)27-15-16-8-4-3-5-9-16/h3-14H,15H2,1-2H3,(H,22,24)/b23-14+. The molecule has 0 bridgehead atoms. The lowest BCUT2D eigenvalue weighted by Gasteiger charge is -2.15. The number of benzene rings is 2. The van der Waals surface area contributed by atoms with Crippen LogP contribution in [0.15, 0.2) is 72.0 Å². The van der Waals surface area contributed by atoms with Crippen LogP contribution in [0, 0.1) is 0 Å². The molecule has 0 radical (unpaired) electrons. The predicted molar refractivity (Wildman–Crippen MR) is 106 cm³/mol. The van der Waals surface area contributed by atoms with E-state index in [1.165, 1.54) is 0 Å². The average molecular weight is 363 g/mol. The molecule has 0 saturated heterocycles. The Morgan fingerprint density at radius 3 is 2.30 bits per heavy atom. The van der Waals surface area contributed by atoms with Crippen molar-refractivity contribution >= 4 is 12.0 Å². The second-order valence-corrected chi connectivity index (χ2v) is 5.61. The topological polar surface area (TPSA) is 65.0 Å². The lowest BCUT2D eigenvalue weighted by Crippen LogP contribution is -2.01. The first-order valence-corrected chi connectivity index (χ1v) is 8.43. The van der Waals surface area contributed by atoms with E-state index < -0.39 is 0 Å². The van der Waals surface area contributed by atoms with Crippen molar-refractivity contribution in [2.24, 2.45) is 5.10 Å². The van der Waals surface area contributed by atoms with Crippen molar-refractivity contribution in [1.29, 1.82) is 0 Å². The van der Waals surface area contributed by atoms with Gasteiger partial charge in [0.05, 0.1) is 20.4 Å². The Labute approximate surface area is 158 Å². The zero-order valence-corrected chi connectivity index (χ0v) is 15.3. The number of hydrogen-bond acceptors (Lipinski definition) is 6. The quantitative estimate of drug-likeness (QED) is 0.482. The molecule has 0 amide bonds. The Hall–Kier alpha value is -3.54. The molecule has 1 aromatic heterocycles. The minimum Gasteiger partial charge on any atom is -0.493 e. The maximum Gasteiger partial charge on any atom is 0.203 e. The van der Waals surface area contributed by atoms with Crippen LogP contribution in [-0.2, 0) is 6.61 Å². The molecule has 0 aliphatic rings. The van der Waals surface area contributed by atoms with Gasteiger partial charge in [-0.2, -0.15) is 5.10 Å². The van der Waals surface area contributed by atoms with Crippen molar-refractivity contribution in [2.75, 3.05) is 19.6 Å². The molecular formula is C21H21N3O3. The molecule has 27 heavy (non-hydrogen) atoms. The number of hydrazone groups is 1. The summed E-state index contributed by atoms with van der Waals surface area (Å²) < 4.78 is 16.9. The first kappa shape index (κ1) is 18.3. The molecule has 6 heteroatoms. The summed E-state index contributed by atoms with van der Waals surface area (Å²) in [5.41, 5.74) is 4.74. The highest BCUT2D eigenvalue weighted by molar-refractivity contribution is 5.83. The van der Waals surface area contributed by atoms with Crippen LogP contribution in [0.5, 0.6) is 17.2 Å². The van der Waals surface area contributed by atoms with Crippen molar-refractivity contribution in [1.82, 2.24) is 4.98 Å². The van der Waals surface area contributed by atoms with Gasteiger partial charge in [-0.3, -0.25) is 5.43 Å². The third-order valence-corrected chi connectivity index (χ3v) is 3.77. The summed E-state index contributed by atoms with van der Waals surface area (Å²) in [5.74, 6) is 2.36. The Morgan fingerprint density at radius 1 is 0.963 bits per heavy atom. The molecule has 0 spiro atoms. The molecule has 1 N–H and O–H groups in total. The van der Waals surface area contributed by atoms with Crippen LogP contribution in [0.2, 0.25) is 0 Å². The Balaban J connectivity index is 1.77. The molecule has 6 nitrogen and oxygen atoms in total. The van der Waals surface area contributed by atoms with Gasteiger partial charge >= 0.3 is 0 Å². The highest BCUT2D eigenvalue weighted by atomic mass is 16.5. The maximum absolute atomic E-state index is 5.94. The van der Waals surface area contributed by atoms with Gasteiger partial charge in [0.2, 0.25) is 5.75 Å². The van der Waals surface area contributed by atoms with E-state index in [9.17, 15) is 0 Å². The normalized spacial score (nSPS) is 10.6. The molecule has 1 heterocycles.